The number of anilines is 1. The molecule has 3 aromatic rings. The molecule has 0 saturated heterocycles. The molecule has 0 spiro atoms. The number of aryl methyl sites for hydroxylation is 4. The molecule has 2 heterocycles. The van der Waals surface area contributed by atoms with E-state index in [1.807, 2.05) is 6.92 Å². The molecule has 0 atom stereocenters. The van der Waals surface area contributed by atoms with Gasteiger partial charge in [0.25, 0.3) is 21.4 Å². The van der Waals surface area contributed by atoms with Crippen molar-refractivity contribution in [3.8, 4) is 0 Å². The molecular weight excluding hydrogens is 330 g/mol. The zero-order valence-corrected chi connectivity index (χ0v) is 14.5. The lowest BCUT2D eigenvalue weighted by atomic mass is 10.1. The van der Waals surface area contributed by atoms with E-state index in [-0.39, 0.29) is 22.1 Å². The number of nitrogens with one attached hydrogen (secondary N) is 2. The SMILES string of the molecule is Cc1cc(C)c(S(=O)(=O)Nc2c(C)nc3nc[nH]n3c2=O)c(C)c1. The van der Waals surface area contributed by atoms with Crippen molar-refractivity contribution >= 4 is 21.5 Å². The predicted molar refractivity (Wildman–Crippen MR) is 89.8 cm³/mol. The third-order valence-corrected chi connectivity index (χ3v) is 5.38. The van der Waals surface area contributed by atoms with E-state index in [0.717, 1.165) is 10.1 Å². The summed E-state index contributed by atoms with van der Waals surface area (Å²) in [6.45, 7) is 6.91. The van der Waals surface area contributed by atoms with Gasteiger partial charge in [0.05, 0.1) is 10.6 Å². The van der Waals surface area contributed by atoms with Crippen molar-refractivity contribution in [2.24, 2.45) is 0 Å². The highest BCUT2D eigenvalue weighted by molar-refractivity contribution is 7.92. The normalized spacial score (nSPS) is 11.8. The van der Waals surface area contributed by atoms with Crippen molar-refractivity contribution in [1.29, 1.82) is 0 Å². The Kier molecular flexibility index (Phi) is 3.67. The standard InChI is InChI=1S/C15H17N5O3S/c1-8-5-9(2)13(10(3)6-8)24(22,23)19-12-11(4)18-15-16-7-17-20(15)14(12)21/h5-7,19H,1-4H3,(H,16,17,18). The van der Waals surface area contributed by atoms with Crippen LogP contribution >= 0.6 is 0 Å². The number of aromatic nitrogens is 4. The minimum atomic E-state index is -3.93. The molecule has 0 radical (unpaired) electrons. The van der Waals surface area contributed by atoms with Crippen LogP contribution < -0.4 is 10.3 Å². The van der Waals surface area contributed by atoms with Crippen LogP contribution in [0.2, 0.25) is 0 Å². The van der Waals surface area contributed by atoms with E-state index in [0.29, 0.717) is 11.1 Å². The summed E-state index contributed by atoms with van der Waals surface area (Å²) in [4.78, 5) is 20.7. The maximum Gasteiger partial charge on any atom is 0.298 e. The molecule has 9 heteroatoms. The molecule has 8 nitrogen and oxygen atoms in total. The monoisotopic (exact) mass is 347 g/mol. The molecule has 0 unspecified atom stereocenters. The first kappa shape index (κ1) is 16.2. The fourth-order valence-electron chi connectivity index (χ4n) is 2.85. The Labute approximate surface area is 138 Å². The van der Waals surface area contributed by atoms with Gasteiger partial charge in [-0.1, -0.05) is 17.7 Å². The number of sulfonamides is 1. The van der Waals surface area contributed by atoms with Crippen LogP contribution in [0.25, 0.3) is 5.78 Å². The van der Waals surface area contributed by atoms with Crippen molar-refractivity contribution < 1.29 is 8.42 Å². The molecule has 0 aliphatic carbocycles. The lowest BCUT2D eigenvalue weighted by Gasteiger charge is -2.14. The van der Waals surface area contributed by atoms with E-state index in [2.05, 4.69) is 19.8 Å². The molecule has 0 aliphatic heterocycles. The molecule has 126 valence electrons. The first-order valence-corrected chi connectivity index (χ1v) is 8.72. The van der Waals surface area contributed by atoms with Crippen molar-refractivity contribution in [3.63, 3.8) is 0 Å². The molecule has 0 fully saturated rings. The van der Waals surface area contributed by atoms with Crippen LogP contribution in [0.4, 0.5) is 5.69 Å². The van der Waals surface area contributed by atoms with Crippen LogP contribution in [0.3, 0.4) is 0 Å². The molecule has 0 saturated carbocycles. The van der Waals surface area contributed by atoms with Gasteiger partial charge >= 0.3 is 0 Å². The van der Waals surface area contributed by atoms with Gasteiger partial charge in [0.1, 0.15) is 12.0 Å². The van der Waals surface area contributed by atoms with Gasteiger partial charge in [-0.3, -0.25) is 14.6 Å². The number of aromatic amines is 1. The first-order valence-electron chi connectivity index (χ1n) is 7.24. The topological polar surface area (TPSA) is 109 Å². The molecule has 2 N–H and O–H groups in total. The average molecular weight is 347 g/mol. The fourth-order valence-corrected chi connectivity index (χ4v) is 4.43. The van der Waals surface area contributed by atoms with Gasteiger partial charge < -0.3 is 0 Å². The Morgan fingerprint density at radius 3 is 2.38 bits per heavy atom. The van der Waals surface area contributed by atoms with Crippen LogP contribution in [0.15, 0.2) is 28.2 Å². The highest BCUT2D eigenvalue weighted by atomic mass is 32.2. The molecule has 0 amide bonds. The van der Waals surface area contributed by atoms with Crippen molar-refractivity contribution in [3.05, 3.63) is 51.2 Å². The van der Waals surface area contributed by atoms with Crippen LogP contribution in [0.5, 0.6) is 0 Å². The smallest absolute Gasteiger partial charge is 0.278 e. The molecule has 24 heavy (non-hydrogen) atoms. The van der Waals surface area contributed by atoms with Crippen molar-refractivity contribution in [1.82, 2.24) is 19.6 Å². The summed E-state index contributed by atoms with van der Waals surface area (Å²) in [5, 5.41) is 2.61. The number of nitrogens with zero attached hydrogens (tertiary/aromatic N) is 3. The molecule has 0 bridgehead atoms. The summed E-state index contributed by atoms with van der Waals surface area (Å²) in [7, 11) is -3.93. The summed E-state index contributed by atoms with van der Waals surface area (Å²) in [6, 6.07) is 3.58. The third-order valence-electron chi connectivity index (χ3n) is 3.72. The Morgan fingerprint density at radius 1 is 1.12 bits per heavy atom. The fraction of sp³-hybridized carbons (Fsp3) is 0.267. The second kappa shape index (κ2) is 5.45. The lowest BCUT2D eigenvalue weighted by molar-refractivity contribution is 0.599. The Hall–Kier alpha value is -2.68. The van der Waals surface area contributed by atoms with Crippen molar-refractivity contribution in [2.45, 2.75) is 32.6 Å². The summed E-state index contributed by atoms with van der Waals surface area (Å²) in [5.41, 5.74) is 1.82. The van der Waals surface area contributed by atoms with E-state index < -0.39 is 15.6 Å². The van der Waals surface area contributed by atoms with Crippen LogP contribution in [-0.2, 0) is 10.0 Å². The van der Waals surface area contributed by atoms with Gasteiger partial charge in [0, 0.05) is 0 Å². The Balaban J connectivity index is 2.16. The number of rotatable bonds is 3. The second-order valence-corrected chi connectivity index (χ2v) is 7.35. The van der Waals surface area contributed by atoms with E-state index in [1.54, 1.807) is 32.9 Å². The van der Waals surface area contributed by atoms with E-state index in [4.69, 9.17) is 0 Å². The molecule has 3 rings (SSSR count). The van der Waals surface area contributed by atoms with Crippen molar-refractivity contribution in [2.75, 3.05) is 4.72 Å². The molecule has 0 aliphatic rings. The van der Waals surface area contributed by atoms with Gasteiger partial charge in [-0.25, -0.2) is 18.4 Å². The van der Waals surface area contributed by atoms with Crippen LogP contribution in [0, 0.1) is 27.7 Å². The maximum atomic E-state index is 12.8. The second-order valence-electron chi connectivity index (χ2n) is 5.73. The zero-order valence-electron chi connectivity index (χ0n) is 13.7. The van der Waals surface area contributed by atoms with Gasteiger partial charge in [-0.05, 0) is 38.8 Å². The Morgan fingerprint density at radius 2 is 1.75 bits per heavy atom. The van der Waals surface area contributed by atoms with Crippen LogP contribution in [-0.4, -0.2) is 28.0 Å². The number of benzene rings is 1. The first-order chi connectivity index (χ1) is 11.2. The van der Waals surface area contributed by atoms with Gasteiger partial charge in [-0.2, -0.15) is 4.52 Å². The molecular formula is C15H17N5O3S. The third kappa shape index (κ3) is 2.56. The number of hydrogen-bond donors (Lipinski definition) is 2. The van der Waals surface area contributed by atoms with Gasteiger partial charge in [0.2, 0.25) is 0 Å². The summed E-state index contributed by atoms with van der Waals surface area (Å²) in [5.74, 6) is 0.183. The summed E-state index contributed by atoms with van der Waals surface area (Å²) in [6.07, 6.45) is 1.32. The highest BCUT2D eigenvalue weighted by Gasteiger charge is 2.23. The number of H-pyrrole nitrogens is 1. The molecule has 1 aromatic carbocycles. The maximum absolute atomic E-state index is 12.8. The summed E-state index contributed by atoms with van der Waals surface area (Å²) < 4.78 is 29.1. The van der Waals surface area contributed by atoms with Gasteiger partial charge in [-0.15, -0.1) is 0 Å². The summed E-state index contributed by atoms with van der Waals surface area (Å²) >= 11 is 0. The average Bonchev–Trinajstić information content (AvgIpc) is 2.90. The van der Waals surface area contributed by atoms with Crippen LogP contribution in [0.1, 0.15) is 22.4 Å². The highest BCUT2D eigenvalue weighted by Crippen LogP contribution is 2.24. The molecule has 2 aromatic heterocycles. The lowest BCUT2D eigenvalue weighted by Crippen LogP contribution is -2.26. The number of hydrogen-bond acceptors (Lipinski definition) is 5. The minimum Gasteiger partial charge on any atom is -0.278 e. The van der Waals surface area contributed by atoms with E-state index in [9.17, 15) is 13.2 Å². The zero-order chi connectivity index (χ0) is 17.6. The van der Waals surface area contributed by atoms with E-state index >= 15 is 0 Å². The van der Waals surface area contributed by atoms with Gasteiger partial charge in [0.15, 0.2) is 0 Å². The minimum absolute atomic E-state index is 0.101. The van der Waals surface area contributed by atoms with E-state index in [1.165, 1.54) is 6.33 Å². The Bertz CT molecular complexity index is 1090. The number of fused-ring (bicyclic) bond motifs is 1. The largest absolute Gasteiger partial charge is 0.298 e. The predicted octanol–water partition coefficient (Wildman–Crippen LogP) is 1.45. The quantitative estimate of drug-likeness (QED) is 0.745.